The van der Waals surface area contributed by atoms with Crippen LogP contribution in [0.1, 0.15) is 51.7 Å². The van der Waals surface area contributed by atoms with Crippen molar-refractivity contribution in [3.05, 3.63) is 23.3 Å². The van der Waals surface area contributed by atoms with Crippen LogP contribution < -0.4 is 14.8 Å². The Morgan fingerprint density at radius 2 is 2.05 bits per heavy atom. The van der Waals surface area contributed by atoms with Gasteiger partial charge >= 0.3 is 0 Å². The molecule has 1 aliphatic rings. The Labute approximate surface area is 122 Å². The summed E-state index contributed by atoms with van der Waals surface area (Å²) in [6.45, 7) is 10.1. The van der Waals surface area contributed by atoms with Crippen molar-refractivity contribution < 1.29 is 9.47 Å². The third-order valence-corrected chi connectivity index (χ3v) is 3.95. The molecule has 1 atom stereocenters. The molecule has 1 N–H and O–H groups in total. The molecular formula is C17H27NO2. The highest BCUT2D eigenvalue weighted by molar-refractivity contribution is 5.48. The molecule has 0 aliphatic carbocycles. The number of fused-ring (bicyclic) bond motifs is 1. The summed E-state index contributed by atoms with van der Waals surface area (Å²) in [5.74, 6) is 2.03. The van der Waals surface area contributed by atoms with Crippen molar-refractivity contribution in [1.82, 2.24) is 5.32 Å². The predicted octanol–water partition coefficient (Wildman–Crippen LogP) is 3.69. The third kappa shape index (κ3) is 3.45. The first kappa shape index (κ1) is 15.2. The maximum absolute atomic E-state index is 5.86. The first-order valence-electron chi connectivity index (χ1n) is 7.86. The van der Waals surface area contributed by atoms with E-state index in [2.05, 4.69) is 38.2 Å². The Hall–Kier alpha value is -1.22. The molecule has 1 heterocycles. The van der Waals surface area contributed by atoms with E-state index in [-0.39, 0.29) is 6.10 Å². The summed E-state index contributed by atoms with van der Waals surface area (Å²) in [4.78, 5) is 0. The fraction of sp³-hybridized carbons (Fsp3) is 0.647. The quantitative estimate of drug-likeness (QED) is 0.824. The minimum absolute atomic E-state index is 0.279. The van der Waals surface area contributed by atoms with Crippen molar-refractivity contribution >= 4 is 0 Å². The fourth-order valence-electron chi connectivity index (χ4n) is 2.74. The van der Waals surface area contributed by atoms with E-state index in [9.17, 15) is 0 Å². The molecule has 0 fully saturated rings. The van der Waals surface area contributed by atoms with Gasteiger partial charge in [-0.25, -0.2) is 0 Å². The predicted molar refractivity (Wildman–Crippen MR) is 82.6 cm³/mol. The monoisotopic (exact) mass is 277 g/mol. The zero-order valence-electron chi connectivity index (χ0n) is 13.2. The smallest absolute Gasteiger partial charge is 0.124 e. The molecular weight excluding hydrogens is 250 g/mol. The standard InChI is InChI=1S/C17H27NO2/c1-5-15(6-2)18-11-14-10-17-13(8-12(4)20-17)9-16(14)19-7-3/h9-10,12,15,18H,5-8,11H2,1-4H3. The van der Waals surface area contributed by atoms with Crippen LogP contribution in [-0.2, 0) is 13.0 Å². The molecule has 0 saturated heterocycles. The van der Waals surface area contributed by atoms with Crippen LogP contribution in [0.2, 0.25) is 0 Å². The molecule has 0 saturated carbocycles. The van der Waals surface area contributed by atoms with Gasteiger partial charge < -0.3 is 14.8 Å². The van der Waals surface area contributed by atoms with Crippen LogP contribution in [0.4, 0.5) is 0 Å². The topological polar surface area (TPSA) is 30.5 Å². The van der Waals surface area contributed by atoms with E-state index in [0.717, 1.165) is 37.3 Å². The van der Waals surface area contributed by atoms with E-state index >= 15 is 0 Å². The van der Waals surface area contributed by atoms with E-state index in [0.29, 0.717) is 12.6 Å². The molecule has 1 aromatic rings. The van der Waals surface area contributed by atoms with Gasteiger partial charge in [-0.2, -0.15) is 0 Å². The molecule has 3 nitrogen and oxygen atoms in total. The summed E-state index contributed by atoms with van der Waals surface area (Å²) in [7, 11) is 0. The maximum atomic E-state index is 5.86. The van der Waals surface area contributed by atoms with E-state index in [1.54, 1.807) is 0 Å². The lowest BCUT2D eigenvalue weighted by Crippen LogP contribution is -2.27. The van der Waals surface area contributed by atoms with Crippen LogP contribution in [0.25, 0.3) is 0 Å². The summed E-state index contributed by atoms with van der Waals surface area (Å²) >= 11 is 0. The second kappa shape index (κ2) is 6.98. The number of benzene rings is 1. The van der Waals surface area contributed by atoms with Crippen LogP contribution in [0, 0.1) is 0 Å². The van der Waals surface area contributed by atoms with Gasteiger partial charge in [0.2, 0.25) is 0 Å². The Kier molecular flexibility index (Phi) is 5.30. The molecule has 1 unspecified atom stereocenters. The summed E-state index contributed by atoms with van der Waals surface area (Å²) in [6.07, 6.45) is 3.56. The Morgan fingerprint density at radius 1 is 1.30 bits per heavy atom. The molecule has 1 aromatic carbocycles. The number of hydrogen-bond acceptors (Lipinski definition) is 3. The lowest BCUT2D eigenvalue weighted by atomic mass is 10.1. The Morgan fingerprint density at radius 3 is 2.70 bits per heavy atom. The number of nitrogens with one attached hydrogen (secondary N) is 1. The van der Waals surface area contributed by atoms with Crippen molar-refractivity contribution in [3.63, 3.8) is 0 Å². The first-order valence-corrected chi connectivity index (χ1v) is 7.86. The number of rotatable bonds is 7. The molecule has 0 aromatic heterocycles. The van der Waals surface area contributed by atoms with Crippen LogP contribution in [0.5, 0.6) is 11.5 Å². The van der Waals surface area contributed by atoms with Gasteiger partial charge in [0.15, 0.2) is 0 Å². The number of hydrogen-bond donors (Lipinski definition) is 1. The first-order chi connectivity index (χ1) is 9.67. The SMILES string of the molecule is CCOc1cc2c(cc1CNC(CC)CC)OC(C)C2. The molecule has 20 heavy (non-hydrogen) atoms. The molecule has 0 spiro atoms. The minimum atomic E-state index is 0.279. The Balaban J connectivity index is 2.16. The highest BCUT2D eigenvalue weighted by Crippen LogP contribution is 2.35. The van der Waals surface area contributed by atoms with E-state index in [1.165, 1.54) is 11.1 Å². The summed E-state index contributed by atoms with van der Waals surface area (Å²) < 4.78 is 11.7. The Bertz CT molecular complexity index is 441. The second-order valence-electron chi connectivity index (χ2n) is 5.53. The molecule has 3 heteroatoms. The van der Waals surface area contributed by atoms with Crippen molar-refractivity contribution in [2.75, 3.05) is 6.61 Å². The molecule has 112 valence electrons. The van der Waals surface area contributed by atoms with Crippen molar-refractivity contribution in [2.24, 2.45) is 0 Å². The van der Waals surface area contributed by atoms with Gasteiger partial charge in [-0.3, -0.25) is 0 Å². The largest absolute Gasteiger partial charge is 0.494 e. The molecule has 0 amide bonds. The average molecular weight is 277 g/mol. The summed E-state index contributed by atoms with van der Waals surface area (Å²) in [5, 5.41) is 3.60. The third-order valence-electron chi connectivity index (χ3n) is 3.95. The van der Waals surface area contributed by atoms with Gasteiger partial charge in [-0.1, -0.05) is 13.8 Å². The van der Waals surface area contributed by atoms with Gasteiger partial charge in [0.25, 0.3) is 0 Å². The molecule has 2 rings (SSSR count). The van der Waals surface area contributed by atoms with Crippen LogP contribution >= 0.6 is 0 Å². The maximum Gasteiger partial charge on any atom is 0.124 e. The normalized spacial score (nSPS) is 17.1. The van der Waals surface area contributed by atoms with Gasteiger partial charge in [-0.05, 0) is 38.8 Å². The van der Waals surface area contributed by atoms with Crippen molar-refractivity contribution in [3.8, 4) is 11.5 Å². The second-order valence-corrected chi connectivity index (χ2v) is 5.53. The summed E-state index contributed by atoms with van der Waals surface area (Å²) in [6, 6.07) is 4.88. The van der Waals surface area contributed by atoms with Gasteiger partial charge in [0, 0.05) is 30.1 Å². The van der Waals surface area contributed by atoms with Crippen LogP contribution in [0.15, 0.2) is 12.1 Å². The fourth-order valence-corrected chi connectivity index (χ4v) is 2.74. The van der Waals surface area contributed by atoms with E-state index in [1.807, 2.05) is 6.92 Å². The van der Waals surface area contributed by atoms with Gasteiger partial charge in [0.05, 0.1) is 6.61 Å². The lowest BCUT2D eigenvalue weighted by molar-refractivity contribution is 0.254. The van der Waals surface area contributed by atoms with Gasteiger partial charge in [0.1, 0.15) is 17.6 Å². The molecule has 0 radical (unpaired) electrons. The van der Waals surface area contributed by atoms with Crippen LogP contribution in [0.3, 0.4) is 0 Å². The zero-order valence-corrected chi connectivity index (χ0v) is 13.2. The summed E-state index contributed by atoms with van der Waals surface area (Å²) in [5.41, 5.74) is 2.47. The highest BCUT2D eigenvalue weighted by atomic mass is 16.5. The van der Waals surface area contributed by atoms with Crippen molar-refractivity contribution in [2.45, 2.75) is 65.6 Å². The lowest BCUT2D eigenvalue weighted by Gasteiger charge is -2.17. The minimum Gasteiger partial charge on any atom is -0.494 e. The average Bonchev–Trinajstić information content (AvgIpc) is 2.79. The highest BCUT2D eigenvalue weighted by Gasteiger charge is 2.21. The van der Waals surface area contributed by atoms with Crippen LogP contribution in [-0.4, -0.2) is 18.8 Å². The molecule has 1 aliphatic heterocycles. The molecule has 0 bridgehead atoms. The van der Waals surface area contributed by atoms with Gasteiger partial charge in [-0.15, -0.1) is 0 Å². The number of ether oxygens (including phenoxy) is 2. The zero-order chi connectivity index (χ0) is 14.5. The van der Waals surface area contributed by atoms with Crippen molar-refractivity contribution in [1.29, 1.82) is 0 Å². The van der Waals surface area contributed by atoms with E-state index < -0.39 is 0 Å². The van der Waals surface area contributed by atoms with E-state index in [4.69, 9.17) is 9.47 Å².